The van der Waals surface area contributed by atoms with Crippen LogP contribution in [0.2, 0.25) is 0 Å². The van der Waals surface area contributed by atoms with Crippen LogP contribution in [-0.2, 0) is 9.84 Å². The fraction of sp³-hybridized carbons (Fsp3) is 1.00. The zero-order valence-electron chi connectivity index (χ0n) is 10.4. The average molecular weight is 235 g/mol. The first-order chi connectivity index (χ1) is 6.93. The number of sulfone groups is 1. The van der Waals surface area contributed by atoms with Crippen molar-refractivity contribution in [2.75, 3.05) is 25.1 Å². The molecule has 0 amide bonds. The summed E-state index contributed by atoms with van der Waals surface area (Å²) in [6.07, 6.45) is 1.80. The molecule has 0 aliphatic heterocycles. The van der Waals surface area contributed by atoms with Crippen molar-refractivity contribution in [2.45, 2.75) is 33.6 Å². The predicted octanol–water partition coefficient (Wildman–Crippen LogP) is 1.69. The molecule has 0 bridgehead atoms. The van der Waals surface area contributed by atoms with E-state index in [-0.39, 0.29) is 5.75 Å². The molecule has 2 atom stereocenters. The van der Waals surface area contributed by atoms with Crippen molar-refractivity contribution >= 4 is 9.84 Å². The number of nitrogens with one attached hydrogen (secondary N) is 1. The van der Waals surface area contributed by atoms with E-state index in [4.69, 9.17) is 0 Å². The molecule has 0 aliphatic rings. The summed E-state index contributed by atoms with van der Waals surface area (Å²) in [6.45, 7) is 7.11. The molecule has 0 aromatic heterocycles. The highest BCUT2D eigenvalue weighted by atomic mass is 32.2. The minimum absolute atomic E-state index is 0.271. The monoisotopic (exact) mass is 235 g/mol. The number of hydrogen-bond donors (Lipinski definition) is 1. The van der Waals surface area contributed by atoms with Gasteiger partial charge < -0.3 is 5.32 Å². The van der Waals surface area contributed by atoms with Crippen LogP contribution in [0.25, 0.3) is 0 Å². The summed E-state index contributed by atoms with van der Waals surface area (Å²) in [5.41, 5.74) is 0. The highest BCUT2D eigenvalue weighted by Gasteiger charge is 2.13. The first-order valence-electron chi connectivity index (χ1n) is 5.78. The van der Waals surface area contributed by atoms with Gasteiger partial charge in [0, 0.05) is 5.75 Å². The Morgan fingerprint density at radius 3 is 2.27 bits per heavy atom. The fourth-order valence-electron chi connectivity index (χ4n) is 1.58. The lowest BCUT2D eigenvalue weighted by Gasteiger charge is -2.19. The van der Waals surface area contributed by atoms with Crippen LogP contribution in [0, 0.1) is 11.8 Å². The van der Waals surface area contributed by atoms with Crippen LogP contribution in [0.5, 0.6) is 0 Å². The molecule has 0 aromatic rings. The van der Waals surface area contributed by atoms with Crippen LogP contribution in [0.3, 0.4) is 0 Å². The highest BCUT2D eigenvalue weighted by Crippen LogP contribution is 2.16. The van der Waals surface area contributed by atoms with Crippen molar-refractivity contribution in [3.63, 3.8) is 0 Å². The quantitative estimate of drug-likeness (QED) is 0.696. The van der Waals surface area contributed by atoms with Gasteiger partial charge in [0.25, 0.3) is 0 Å². The molecule has 0 fully saturated rings. The van der Waals surface area contributed by atoms with Crippen molar-refractivity contribution in [3.05, 3.63) is 0 Å². The van der Waals surface area contributed by atoms with Crippen LogP contribution >= 0.6 is 0 Å². The molecule has 4 heteroatoms. The summed E-state index contributed by atoms with van der Waals surface area (Å²) in [7, 11) is -0.820. The molecule has 0 aromatic carbocycles. The van der Waals surface area contributed by atoms with Crippen LogP contribution in [0.4, 0.5) is 0 Å². The summed E-state index contributed by atoms with van der Waals surface area (Å²) in [5.74, 6) is 1.82. The van der Waals surface area contributed by atoms with Gasteiger partial charge in [-0.25, -0.2) is 8.42 Å². The Kier molecular flexibility index (Phi) is 7.18. The van der Waals surface area contributed by atoms with Gasteiger partial charge in [0.05, 0.1) is 5.75 Å². The maximum Gasteiger partial charge on any atom is 0.150 e. The second kappa shape index (κ2) is 7.23. The van der Waals surface area contributed by atoms with Crippen LogP contribution < -0.4 is 5.32 Å². The largest absolute Gasteiger partial charge is 0.319 e. The Balaban J connectivity index is 3.77. The third-order valence-corrected chi connectivity index (χ3v) is 4.84. The highest BCUT2D eigenvalue weighted by molar-refractivity contribution is 7.91. The van der Waals surface area contributed by atoms with Gasteiger partial charge in [-0.1, -0.05) is 20.8 Å². The van der Waals surface area contributed by atoms with Crippen molar-refractivity contribution in [3.8, 4) is 0 Å². The van der Waals surface area contributed by atoms with Crippen molar-refractivity contribution in [1.82, 2.24) is 5.32 Å². The van der Waals surface area contributed by atoms with Crippen molar-refractivity contribution in [1.29, 1.82) is 0 Å². The van der Waals surface area contributed by atoms with Gasteiger partial charge in [-0.2, -0.15) is 0 Å². The lowest BCUT2D eigenvalue weighted by atomic mass is 9.92. The van der Waals surface area contributed by atoms with Crippen molar-refractivity contribution in [2.24, 2.45) is 11.8 Å². The summed E-state index contributed by atoms with van der Waals surface area (Å²) in [5, 5.41) is 3.15. The third kappa shape index (κ3) is 6.90. The van der Waals surface area contributed by atoms with Gasteiger partial charge in [-0.15, -0.1) is 0 Å². The number of hydrogen-bond acceptors (Lipinski definition) is 3. The second-order valence-corrected chi connectivity index (χ2v) is 6.86. The van der Waals surface area contributed by atoms with Crippen LogP contribution in [0.1, 0.15) is 33.6 Å². The number of rotatable bonds is 8. The SMILES string of the molecule is CCS(=O)(=O)CCCC(C)C(C)CNC. The topological polar surface area (TPSA) is 46.2 Å². The molecule has 0 saturated carbocycles. The lowest BCUT2D eigenvalue weighted by molar-refractivity contribution is 0.353. The zero-order valence-corrected chi connectivity index (χ0v) is 11.2. The second-order valence-electron chi connectivity index (χ2n) is 4.39. The van der Waals surface area contributed by atoms with Crippen LogP contribution in [-0.4, -0.2) is 33.5 Å². The molecule has 0 radical (unpaired) electrons. The maximum absolute atomic E-state index is 11.3. The Hall–Kier alpha value is -0.0900. The molecule has 92 valence electrons. The standard InChI is InChI=1S/C11H25NO2S/c1-5-15(13,14)8-6-7-10(2)11(3)9-12-4/h10-12H,5-9H2,1-4H3. The molecule has 0 saturated heterocycles. The van der Waals surface area contributed by atoms with Gasteiger partial charge in [0.15, 0.2) is 0 Å². The molecule has 0 spiro atoms. The maximum atomic E-state index is 11.3. The third-order valence-electron chi connectivity index (χ3n) is 3.05. The molecule has 15 heavy (non-hydrogen) atoms. The first kappa shape index (κ1) is 14.9. The minimum atomic E-state index is -2.77. The van der Waals surface area contributed by atoms with Gasteiger partial charge >= 0.3 is 0 Å². The summed E-state index contributed by atoms with van der Waals surface area (Å²) < 4.78 is 22.5. The van der Waals surface area contributed by atoms with Gasteiger partial charge in [0.1, 0.15) is 9.84 Å². The molecule has 3 nitrogen and oxygen atoms in total. The lowest BCUT2D eigenvalue weighted by Crippen LogP contribution is -2.22. The zero-order chi connectivity index (χ0) is 11.9. The Morgan fingerprint density at radius 2 is 1.80 bits per heavy atom. The smallest absolute Gasteiger partial charge is 0.150 e. The summed E-state index contributed by atoms with van der Waals surface area (Å²) in [4.78, 5) is 0. The molecular formula is C11H25NO2S. The normalized spacial score (nSPS) is 16.3. The Morgan fingerprint density at radius 1 is 1.20 bits per heavy atom. The van der Waals surface area contributed by atoms with E-state index < -0.39 is 9.84 Å². The first-order valence-corrected chi connectivity index (χ1v) is 7.60. The molecule has 1 N–H and O–H groups in total. The summed E-state index contributed by atoms with van der Waals surface area (Å²) >= 11 is 0. The molecule has 2 unspecified atom stereocenters. The van der Waals surface area contributed by atoms with E-state index in [0.29, 0.717) is 17.6 Å². The van der Waals surface area contributed by atoms with E-state index >= 15 is 0 Å². The van der Waals surface area contributed by atoms with Crippen molar-refractivity contribution < 1.29 is 8.42 Å². The van der Waals surface area contributed by atoms with Gasteiger partial charge in [0.2, 0.25) is 0 Å². The molecule has 0 aliphatic carbocycles. The van der Waals surface area contributed by atoms with E-state index in [1.807, 2.05) is 7.05 Å². The predicted molar refractivity (Wildman–Crippen MR) is 65.8 cm³/mol. The minimum Gasteiger partial charge on any atom is -0.319 e. The Labute approximate surface area is 94.6 Å². The molecular weight excluding hydrogens is 210 g/mol. The Bertz CT molecular complexity index is 249. The van der Waals surface area contributed by atoms with E-state index in [9.17, 15) is 8.42 Å². The van der Waals surface area contributed by atoms with Gasteiger partial charge in [-0.3, -0.25) is 0 Å². The van der Waals surface area contributed by atoms with Crippen LogP contribution in [0.15, 0.2) is 0 Å². The molecule has 0 rings (SSSR count). The van der Waals surface area contributed by atoms with E-state index in [2.05, 4.69) is 19.2 Å². The van der Waals surface area contributed by atoms with Gasteiger partial charge in [-0.05, 0) is 38.3 Å². The molecule has 0 heterocycles. The van der Waals surface area contributed by atoms with E-state index in [1.165, 1.54) is 0 Å². The van der Waals surface area contributed by atoms with E-state index in [0.717, 1.165) is 19.4 Å². The van der Waals surface area contributed by atoms with E-state index in [1.54, 1.807) is 6.92 Å². The fourth-order valence-corrected chi connectivity index (χ4v) is 2.47. The summed E-state index contributed by atoms with van der Waals surface area (Å²) in [6, 6.07) is 0. The average Bonchev–Trinajstić information content (AvgIpc) is 2.18.